The van der Waals surface area contributed by atoms with Crippen LogP contribution in [0.15, 0.2) is 34.7 Å². The molecule has 2 aromatic rings. The molecule has 0 bridgehead atoms. The fourth-order valence-electron chi connectivity index (χ4n) is 2.97. The molecule has 0 aliphatic carbocycles. The quantitative estimate of drug-likeness (QED) is 0.880. The highest BCUT2D eigenvalue weighted by Crippen LogP contribution is 2.21. The third-order valence-electron chi connectivity index (χ3n) is 4.54. The molecule has 0 radical (unpaired) electrons. The molecule has 1 aromatic heterocycles. The minimum Gasteiger partial charge on any atom is -0.496 e. The van der Waals surface area contributed by atoms with Crippen LogP contribution in [-0.2, 0) is 0 Å². The number of aromatic carboxylic acids is 1. The van der Waals surface area contributed by atoms with Crippen molar-refractivity contribution in [3.63, 3.8) is 0 Å². The zero-order chi connectivity index (χ0) is 19.6. The highest BCUT2D eigenvalue weighted by atomic mass is 16.5. The number of hydrogen-bond donors (Lipinski definition) is 1. The van der Waals surface area contributed by atoms with Crippen LogP contribution in [0, 0.1) is 6.92 Å². The third kappa shape index (κ3) is 3.79. The fraction of sp³-hybridized carbons (Fsp3) is 0.316. The maximum atomic E-state index is 12.7. The number of rotatable bonds is 4. The van der Waals surface area contributed by atoms with Gasteiger partial charge in [0.1, 0.15) is 5.75 Å². The van der Waals surface area contributed by atoms with E-state index in [2.05, 4.69) is 0 Å². The molecule has 8 heteroatoms. The van der Waals surface area contributed by atoms with Crippen molar-refractivity contribution in [2.24, 2.45) is 0 Å². The van der Waals surface area contributed by atoms with Gasteiger partial charge in [-0.25, -0.2) is 4.79 Å². The number of carbonyl (C=O) groups excluding carboxylic acids is 2. The number of piperazine rings is 1. The van der Waals surface area contributed by atoms with Gasteiger partial charge in [-0.1, -0.05) is 6.07 Å². The van der Waals surface area contributed by atoms with Gasteiger partial charge in [-0.05, 0) is 36.8 Å². The summed E-state index contributed by atoms with van der Waals surface area (Å²) in [5.74, 6) is -1.37. The lowest BCUT2D eigenvalue weighted by Crippen LogP contribution is -2.50. The number of ether oxygens (including phenoxy) is 1. The van der Waals surface area contributed by atoms with Crippen LogP contribution in [0.3, 0.4) is 0 Å². The average Bonchev–Trinajstić information content (AvgIpc) is 3.18. The molecule has 0 atom stereocenters. The molecule has 2 amide bonds. The van der Waals surface area contributed by atoms with Crippen molar-refractivity contribution >= 4 is 17.8 Å². The molecule has 1 aromatic carbocycles. The van der Waals surface area contributed by atoms with Gasteiger partial charge in [-0.2, -0.15) is 0 Å². The summed E-state index contributed by atoms with van der Waals surface area (Å²) >= 11 is 0. The first kappa shape index (κ1) is 18.5. The Morgan fingerprint density at radius 3 is 2.11 bits per heavy atom. The van der Waals surface area contributed by atoms with Crippen LogP contribution < -0.4 is 4.74 Å². The molecule has 2 heterocycles. The van der Waals surface area contributed by atoms with Crippen LogP contribution in [0.2, 0.25) is 0 Å². The third-order valence-corrected chi connectivity index (χ3v) is 4.54. The summed E-state index contributed by atoms with van der Waals surface area (Å²) in [6, 6.07) is 7.91. The van der Waals surface area contributed by atoms with E-state index in [-0.39, 0.29) is 23.3 Å². The number of carbonyl (C=O) groups is 3. The van der Waals surface area contributed by atoms with Gasteiger partial charge >= 0.3 is 5.97 Å². The molecule has 1 fully saturated rings. The molecule has 0 saturated carbocycles. The molecule has 3 rings (SSSR count). The second-order valence-corrected chi connectivity index (χ2v) is 6.24. The summed E-state index contributed by atoms with van der Waals surface area (Å²) in [5, 5.41) is 8.88. The first-order valence-electron chi connectivity index (χ1n) is 8.47. The van der Waals surface area contributed by atoms with E-state index in [0.29, 0.717) is 37.5 Å². The van der Waals surface area contributed by atoms with Crippen molar-refractivity contribution in [2.75, 3.05) is 33.3 Å². The Hall–Kier alpha value is -3.29. The van der Waals surface area contributed by atoms with Crippen molar-refractivity contribution in [3.05, 3.63) is 53.0 Å². The van der Waals surface area contributed by atoms with Gasteiger partial charge in [0.2, 0.25) is 5.76 Å². The maximum absolute atomic E-state index is 12.7. The van der Waals surface area contributed by atoms with Gasteiger partial charge in [-0.15, -0.1) is 0 Å². The highest BCUT2D eigenvalue weighted by molar-refractivity contribution is 5.96. The molecule has 8 nitrogen and oxygen atoms in total. The molecular formula is C19H20N2O6. The number of carboxylic acid groups (broad SMARTS) is 1. The summed E-state index contributed by atoms with van der Waals surface area (Å²) in [4.78, 5) is 39.2. The summed E-state index contributed by atoms with van der Waals surface area (Å²) in [6.07, 6.45) is 0. The van der Waals surface area contributed by atoms with Crippen LogP contribution in [0.1, 0.15) is 37.0 Å². The van der Waals surface area contributed by atoms with Gasteiger partial charge in [0.15, 0.2) is 5.76 Å². The van der Waals surface area contributed by atoms with Crippen molar-refractivity contribution in [2.45, 2.75) is 6.92 Å². The SMILES string of the molecule is COc1cc(C(=O)N2CCN(C(=O)c3ccc(C(=O)O)o3)CC2)ccc1C. The van der Waals surface area contributed by atoms with E-state index in [9.17, 15) is 14.4 Å². The zero-order valence-electron chi connectivity index (χ0n) is 15.1. The predicted molar refractivity (Wildman–Crippen MR) is 95.2 cm³/mol. The van der Waals surface area contributed by atoms with Crippen LogP contribution in [-0.4, -0.2) is 66.0 Å². The molecule has 0 spiro atoms. The standard InChI is InChI=1S/C19H20N2O6/c1-12-3-4-13(11-16(12)26-2)17(22)20-7-9-21(10-8-20)18(23)14-5-6-15(27-14)19(24)25/h3-6,11H,7-10H2,1-2H3,(H,24,25). The smallest absolute Gasteiger partial charge is 0.371 e. The largest absolute Gasteiger partial charge is 0.496 e. The Morgan fingerprint density at radius 1 is 0.963 bits per heavy atom. The minimum atomic E-state index is -1.22. The van der Waals surface area contributed by atoms with Crippen molar-refractivity contribution < 1.29 is 28.6 Å². The van der Waals surface area contributed by atoms with Crippen molar-refractivity contribution in [3.8, 4) is 5.75 Å². The maximum Gasteiger partial charge on any atom is 0.371 e. The normalized spacial score (nSPS) is 14.1. The first-order chi connectivity index (χ1) is 12.9. The van der Waals surface area contributed by atoms with Gasteiger partial charge in [-0.3, -0.25) is 9.59 Å². The van der Waals surface area contributed by atoms with E-state index < -0.39 is 5.97 Å². The molecule has 1 aliphatic heterocycles. The lowest BCUT2D eigenvalue weighted by Gasteiger charge is -2.34. The average molecular weight is 372 g/mol. The van der Waals surface area contributed by atoms with E-state index in [1.807, 2.05) is 13.0 Å². The Kier molecular flexibility index (Phi) is 5.16. The van der Waals surface area contributed by atoms with E-state index >= 15 is 0 Å². The molecule has 27 heavy (non-hydrogen) atoms. The van der Waals surface area contributed by atoms with Gasteiger partial charge in [0.25, 0.3) is 11.8 Å². The highest BCUT2D eigenvalue weighted by Gasteiger charge is 2.27. The number of methoxy groups -OCH3 is 1. The van der Waals surface area contributed by atoms with Crippen molar-refractivity contribution in [1.82, 2.24) is 9.80 Å². The Balaban J connectivity index is 1.63. The first-order valence-corrected chi connectivity index (χ1v) is 8.47. The zero-order valence-corrected chi connectivity index (χ0v) is 15.1. The fourth-order valence-corrected chi connectivity index (χ4v) is 2.97. The van der Waals surface area contributed by atoms with E-state index in [1.54, 1.807) is 29.0 Å². The summed E-state index contributed by atoms with van der Waals surface area (Å²) in [6.45, 7) is 3.36. The predicted octanol–water partition coefficient (Wildman–Crippen LogP) is 1.89. The Bertz CT molecular complexity index is 880. The Morgan fingerprint density at radius 2 is 1.56 bits per heavy atom. The number of hydrogen-bond acceptors (Lipinski definition) is 5. The van der Waals surface area contributed by atoms with E-state index in [4.69, 9.17) is 14.3 Å². The monoisotopic (exact) mass is 372 g/mol. The number of benzene rings is 1. The van der Waals surface area contributed by atoms with Crippen molar-refractivity contribution in [1.29, 1.82) is 0 Å². The van der Waals surface area contributed by atoms with Crippen LogP contribution in [0.4, 0.5) is 0 Å². The second-order valence-electron chi connectivity index (χ2n) is 6.24. The topological polar surface area (TPSA) is 100 Å². The minimum absolute atomic E-state index is 0.0181. The number of amides is 2. The van der Waals surface area contributed by atoms with Crippen LogP contribution >= 0.6 is 0 Å². The lowest BCUT2D eigenvalue weighted by atomic mass is 10.1. The molecule has 1 aliphatic rings. The summed E-state index contributed by atoms with van der Waals surface area (Å²) in [5.41, 5.74) is 1.48. The number of nitrogens with zero attached hydrogens (tertiary/aromatic N) is 2. The molecule has 142 valence electrons. The molecular weight excluding hydrogens is 352 g/mol. The molecule has 1 saturated heterocycles. The second kappa shape index (κ2) is 7.53. The van der Waals surface area contributed by atoms with E-state index in [0.717, 1.165) is 5.56 Å². The number of aryl methyl sites for hydroxylation is 1. The van der Waals surface area contributed by atoms with E-state index in [1.165, 1.54) is 12.1 Å². The van der Waals surface area contributed by atoms with Crippen LogP contribution in [0.5, 0.6) is 5.75 Å². The number of carboxylic acids is 1. The van der Waals surface area contributed by atoms with Gasteiger partial charge in [0, 0.05) is 31.7 Å². The summed E-state index contributed by atoms with van der Waals surface area (Å²) in [7, 11) is 1.56. The lowest BCUT2D eigenvalue weighted by molar-refractivity contribution is 0.0512. The molecule has 0 unspecified atom stereocenters. The summed E-state index contributed by atoms with van der Waals surface area (Å²) < 4.78 is 10.3. The van der Waals surface area contributed by atoms with Gasteiger partial charge in [0.05, 0.1) is 7.11 Å². The Labute approximate surface area is 155 Å². The van der Waals surface area contributed by atoms with Crippen LogP contribution in [0.25, 0.3) is 0 Å². The molecule has 1 N–H and O–H groups in total. The number of furan rings is 1. The van der Waals surface area contributed by atoms with Gasteiger partial charge < -0.3 is 24.1 Å².